The van der Waals surface area contributed by atoms with Gasteiger partial charge in [0.1, 0.15) is 17.5 Å². The Hall–Kier alpha value is -3.18. The van der Waals surface area contributed by atoms with Gasteiger partial charge in [-0.1, -0.05) is 29.8 Å². The fourth-order valence-electron chi connectivity index (χ4n) is 3.17. The molecule has 0 aliphatic rings. The standard InChI is InChI=1S/C22H22ClN5O4S/c23-22-18-8-7-17(13-19(18)26-27-22)32-11-10-24-14-20(29)15-4-3-5-16(12-15)28-33(30,31)21-6-1-2-9-25-21/h1-9,12-13,20,24,28-29H,10-11,14H2,(H,26,27)/t20-/m0/s1. The van der Waals surface area contributed by atoms with E-state index in [9.17, 15) is 13.5 Å². The molecule has 9 nitrogen and oxygen atoms in total. The average Bonchev–Trinajstić information content (AvgIpc) is 3.19. The molecule has 0 amide bonds. The second-order valence-electron chi connectivity index (χ2n) is 7.18. The minimum absolute atomic E-state index is 0.0767. The molecule has 0 saturated heterocycles. The zero-order chi connectivity index (χ0) is 23.3. The number of pyridine rings is 1. The van der Waals surface area contributed by atoms with E-state index in [4.69, 9.17) is 16.3 Å². The van der Waals surface area contributed by atoms with Crippen LogP contribution >= 0.6 is 11.6 Å². The van der Waals surface area contributed by atoms with Crippen LogP contribution in [0.15, 0.2) is 71.9 Å². The van der Waals surface area contributed by atoms with Crippen molar-refractivity contribution in [3.8, 4) is 5.75 Å². The number of aliphatic hydroxyl groups is 1. The first kappa shape index (κ1) is 23.0. The molecule has 0 fully saturated rings. The van der Waals surface area contributed by atoms with Crippen LogP contribution in [0.2, 0.25) is 5.15 Å². The molecule has 2 heterocycles. The van der Waals surface area contributed by atoms with Crippen LogP contribution in [0.4, 0.5) is 5.69 Å². The molecule has 0 unspecified atom stereocenters. The predicted molar refractivity (Wildman–Crippen MR) is 126 cm³/mol. The summed E-state index contributed by atoms with van der Waals surface area (Å²) in [5.74, 6) is 0.668. The fourth-order valence-corrected chi connectivity index (χ4v) is 4.37. The van der Waals surface area contributed by atoms with Crippen molar-refractivity contribution >= 4 is 38.2 Å². The predicted octanol–water partition coefficient (Wildman–Crippen LogP) is 3.11. The van der Waals surface area contributed by atoms with Gasteiger partial charge in [0, 0.05) is 36.4 Å². The maximum absolute atomic E-state index is 12.4. The lowest BCUT2D eigenvalue weighted by atomic mass is 10.1. The SMILES string of the molecule is O=S(=O)(Nc1cccc([C@@H](O)CNCCOc2ccc3c(Cl)[nH]nc3c2)c1)c1ccccn1. The highest BCUT2D eigenvalue weighted by Crippen LogP contribution is 2.24. The van der Waals surface area contributed by atoms with Crippen LogP contribution in [0, 0.1) is 0 Å². The number of aromatic amines is 1. The highest BCUT2D eigenvalue weighted by atomic mass is 35.5. The van der Waals surface area contributed by atoms with Gasteiger partial charge in [-0.25, -0.2) is 4.98 Å². The third-order valence-electron chi connectivity index (χ3n) is 4.80. The van der Waals surface area contributed by atoms with Gasteiger partial charge in [0.25, 0.3) is 10.0 Å². The Balaban J connectivity index is 1.26. The summed E-state index contributed by atoms with van der Waals surface area (Å²) in [5, 5.41) is 21.6. The van der Waals surface area contributed by atoms with E-state index in [1.165, 1.54) is 12.3 Å². The van der Waals surface area contributed by atoms with Crippen molar-refractivity contribution in [1.82, 2.24) is 20.5 Å². The van der Waals surface area contributed by atoms with E-state index in [0.29, 0.717) is 35.3 Å². The van der Waals surface area contributed by atoms with Crippen molar-refractivity contribution in [1.29, 1.82) is 0 Å². The molecule has 11 heteroatoms. The second kappa shape index (κ2) is 10.2. The Morgan fingerprint density at radius 1 is 1.12 bits per heavy atom. The van der Waals surface area contributed by atoms with Crippen LogP contribution in [-0.4, -0.2) is 48.4 Å². The van der Waals surface area contributed by atoms with Crippen LogP contribution in [0.5, 0.6) is 5.75 Å². The monoisotopic (exact) mass is 487 g/mol. The number of halogens is 1. The first-order chi connectivity index (χ1) is 15.9. The first-order valence-electron chi connectivity index (χ1n) is 10.1. The molecular weight excluding hydrogens is 466 g/mol. The molecule has 0 radical (unpaired) electrons. The van der Waals surface area contributed by atoms with Gasteiger partial charge in [0.05, 0.1) is 11.6 Å². The molecule has 0 aliphatic carbocycles. The zero-order valence-corrected chi connectivity index (χ0v) is 19.0. The Labute approximate surface area is 195 Å². The van der Waals surface area contributed by atoms with Crippen LogP contribution in [0.1, 0.15) is 11.7 Å². The summed E-state index contributed by atoms with van der Waals surface area (Å²) < 4.78 is 33.1. The van der Waals surface area contributed by atoms with E-state index in [1.54, 1.807) is 42.5 Å². The smallest absolute Gasteiger partial charge is 0.279 e. The molecule has 4 rings (SSSR count). The molecule has 4 N–H and O–H groups in total. The maximum atomic E-state index is 12.4. The number of nitrogens with zero attached hydrogens (tertiary/aromatic N) is 2. The molecule has 0 saturated carbocycles. The summed E-state index contributed by atoms with van der Waals surface area (Å²) in [7, 11) is -3.81. The number of hydrogen-bond acceptors (Lipinski definition) is 7. The molecule has 0 bridgehead atoms. The third kappa shape index (κ3) is 5.79. The number of hydrogen-bond donors (Lipinski definition) is 4. The summed E-state index contributed by atoms with van der Waals surface area (Å²) >= 11 is 5.99. The Bertz CT molecular complexity index is 1330. The van der Waals surface area contributed by atoms with Gasteiger partial charge >= 0.3 is 0 Å². The van der Waals surface area contributed by atoms with E-state index in [-0.39, 0.29) is 11.6 Å². The number of benzene rings is 2. The highest BCUT2D eigenvalue weighted by Gasteiger charge is 2.16. The van der Waals surface area contributed by atoms with Gasteiger partial charge in [0.15, 0.2) is 5.03 Å². The number of H-pyrrole nitrogens is 1. The molecule has 172 valence electrons. The van der Waals surface area contributed by atoms with Gasteiger partial charge in [-0.05, 0) is 42.0 Å². The number of aromatic nitrogens is 3. The minimum atomic E-state index is -3.81. The number of rotatable bonds is 10. The second-order valence-corrected chi connectivity index (χ2v) is 9.19. The van der Waals surface area contributed by atoms with Crippen molar-refractivity contribution in [3.63, 3.8) is 0 Å². The molecule has 33 heavy (non-hydrogen) atoms. The molecule has 0 aliphatic heterocycles. The lowest BCUT2D eigenvalue weighted by Crippen LogP contribution is -2.26. The Morgan fingerprint density at radius 2 is 2.00 bits per heavy atom. The Kier molecular flexibility index (Phi) is 7.09. The van der Waals surface area contributed by atoms with Gasteiger partial charge < -0.3 is 15.2 Å². The molecular formula is C22H22ClN5O4S. The number of sulfonamides is 1. The van der Waals surface area contributed by atoms with E-state index >= 15 is 0 Å². The summed E-state index contributed by atoms with van der Waals surface area (Å²) in [6, 6.07) is 16.7. The van der Waals surface area contributed by atoms with Crippen LogP contribution < -0.4 is 14.8 Å². The topological polar surface area (TPSA) is 129 Å². The Morgan fingerprint density at radius 3 is 2.82 bits per heavy atom. The molecule has 2 aromatic heterocycles. The van der Waals surface area contributed by atoms with Crippen LogP contribution in [-0.2, 0) is 10.0 Å². The zero-order valence-electron chi connectivity index (χ0n) is 17.4. The van der Waals surface area contributed by atoms with Gasteiger partial charge in [-0.3, -0.25) is 9.82 Å². The normalized spacial score (nSPS) is 12.5. The number of nitrogens with one attached hydrogen (secondary N) is 3. The van der Waals surface area contributed by atoms with E-state index in [2.05, 4.69) is 25.2 Å². The van der Waals surface area contributed by atoms with Crippen LogP contribution in [0.3, 0.4) is 0 Å². The average molecular weight is 488 g/mol. The minimum Gasteiger partial charge on any atom is -0.492 e. The summed E-state index contributed by atoms with van der Waals surface area (Å²) in [6.45, 7) is 1.16. The summed E-state index contributed by atoms with van der Waals surface area (Å²) in [5.41, 5.74) is 1.64. The summed E-state index contributed by atoms with van der Waals surface area (Å²) in [6.07, 6.45) is 0.585. The molecule has 1 atom stereocenters. The quantitative estimate of drug-likeness (QED) is 0.253. The first-order valence-corrected chi connectivity index (χ1v) is 12.0. The lowest BCUT2D eigenvalue weighted by Gasteiger charge is -2.14. The highest BCUT2D eigenvalue weighted by molar-refractivity contribution is 7.92. The number of aliphatic hydroxyl groups excluding tert-OH is 1. The molecule has 0 spiro atoms. The van der Waals surface area contributed by atoms with E-state index in [1.807, 2.05) is 12.1 Å². The number of fused-ring (bicyclic) bond motifs is 1. The largest absolute Gasteiger partial charge is 0.492 e. The number of ether oxygens (including phenoxy) is 1. The van der Waals surface area contributed by atoms with Crippen molar-refractivity contribution in [2.45, 2.75) is 11.1 Å². The van der Waals surface area contributed by atoms with E-state index in [0.717, 1.165) is 10.9 Å². The fraction of sp³-hybridized carbons (Fsp3) is 0.182. The number of anilines is 1. The van der Waals surface area contributed by atoms with Gasteiger partial charge in [-0.15, -0.1) is 0 Å². The van der Waals surface area contributed by atoms with Crippen LogP contribution in [0.25, 0.3) is 10.9 Å². The lowest BCUT2D eigenvalue weighted by molar-refractivity contribution is 0.172. The van der Waals surface area contributed by atoms with Crippen molar-refractivity contribution in [2.24, 2.45) is 0 Å². The molecule has 2 aromatic carbocycles. The van der Waals surface area contributed by atoms with Gasteiger partial charge in [-0.2, -0.15) is 13.5 Å². The third-order valence-corrected chi connectivity index (χ3v) is 6.39. The van der Waals surface area contributed by atoms with Gasteiger partial charge in [0.2, 0.25) is 0 Å². The summed E-state index contributed by atoms with van der Waals surface area (Å²) in [4.78, 5) is 3.87. The van der Waals surface area contributed by atoms with Crippen molar-refractivity contribution in [3.05, 3.63) is 77.6 Å². The molecule has 4 aromatic rings. The van der Waals surface area contributed by atoms with E-state index < -0.39 is 16.1 Å². The maximum Gasteiger partial charge on any atom is 0.279 e. The van der Waals surface area contributed by atoms with Crippen molar-refractivity contribution in [2.75, 3.05) is 24.4 Å². The van der Waals surface area contributed by atoms with Crippen molar-refractivity contribution < 1.29 is 18.3 Å².